The minimum absolute atomic E-state index is 0.103. The molecule has 1 atom stereocenters. The lowest BCUT2D eigenvalue weighted by atomic mass is 10.2. The molecule has 0 fully saturated rings. The molecular weight excluding hydrogens is 359 g/mol. The predicted molar refractivity (Wildman–Crippen MR) is 82.6 cm³/mol. The molecule has 3 aromatic rings. The van der Waals surface area contributed by atoms with Crippen molar-refractivity contribution in [3.63, 3.8) is 0 Å². The molecule has 0 aliphatic rings. The van der Waals surface area contributed by atoms with Crippen LogP contribution in [0, 0.1) is 5.82 Å². The maximum Gasteiger partial charge on any atom is 0.288 e. The van der Waals surface area contributed by atoms with Crippen LogP contribution in [0.25, 0.3) is 11.1 Å². The van der Waals surface area contributed by atoms with Crippen molar-refractivity contribution in [3.05, 3.63) is 52.3 Å². The van der Waals surface area contributed by atoms with Crippen molar-refractivity contribution in [3.8, 4) is 0 Å². The number of rotatable bonds is 3. The zero-order chi connectivity index (χ0) is 15.0. The van der Waals surface area contributed by atoms with E-state index in [9.17, 15) is 8.60 Å². The summed E-state index contributed by atoms with van der Waals surface area (Å²) in [6, 6.07) is 9.62. The van der Waals surface area contributed by atoms with Crippen LogP contribution in [-0.4, -0.2) is 9.19 Å². The van der Waals surface area contributed by atoms with Crippen molar-refractivity contribution in [2.24, 2.45) is 0 Å². The molecule has 1 aromatic heterocycles. The van der Waals surface area contributed by atoms with Gasteiger partial charge in [-0.1, -0.05) is 12.1 Å². The number of aromatic nitrogens is 1. The molecule has 1 unspecified atom stereocenters. The molecule has 0 amide bonds. The summed E-state index contributed by atoms with van der Waals surface area (Å²) < 4.78 is 31.5. The van der Waals surface area contributed by atoms with Crippen LogP contribution in [0.3, 0.4) is 0 Å². The summed E-state index contributed by atoms with van der Waals surface area (Å²) in [5, 5.41) is 0.103. The number of anilines is 1. The lowest BCUT2D eigenvalue weighted by Crippen LogP contribution is -1.98. The SMILES string of the molecule is Nc1ccc2nc(S(=O)Cc3cccc(F)c3Br)oc2c1. The molecule has 0 aliphatic heterocycles. The zero-order valence-electron chi connectivity index (χ0n) is 10.7. The van der Waals surface area contributed by atoms with Crippen LogP contribution in [0.2, 0.25) is 0 Å². The van der Waals surface area contributed by atoms with Gasteiger partial charge in [-0.25, -0.2) is 13.6 Å². The summed E-state index contributed by atoms with van der Waals surface area (Å²) in [7, 11) is -1.51. The first kappa shape index (κ1) is 14.2. The molecule has 1 heterocycles. The molecule has 2 N–H and O–H groups in total. The molecular formula is C14H10BrFN2O2S. The molecule has 0 saturated carbocycles. The number of fused-ring (bicyclic) bond motifs is 1. The average Bonchev–Trinajstić information content (AvgIpc) is 2.87. The molecule has 2 aromatic carbocycles. The van der Waals surface area contributed by atoms with Gasteiger partial charge in [-0.05, 0) is 39.7 Å². The summed E-state index contributed by atoms with van der Waals surface area (Å²) in [4.78, 5) is 4.17. The molecule has 0 bridgehead atoms. The van der Waals surface area contributed by atoms with Gasteiger partial charge in [-0.2, -0.15) is 0 Å². The monoisotopic (exact) mass is 368 g/mol. The van der Waals surface area contributed by atoms with Crippen LogP contribution < -0.4 is 5.73 Å². The molecule has 108 valence electrons. The van der Waals surface area contributed by atoms with E-state index < -0.39 is 16.6 Å². The standard InChI is InChI=1S/C14H10BrFN2O2S/c15-13-8(2-1-3-10(13)16)7-21(19)14-18-11-5-4-9(17)6-12(11)20-14/h1-6H,7,17H2. The molecule has 3 rings (SSSR count). The highest BCUT2D eigenvalue weighted by atomic mass is 79.9. The Morgan fingerprint density at radius 1 is 1.33 bits per heavy atom. The molecule has 0 radical (unpaired) electrons. The molecule has 0 aliphatic carbocycles. The highest BCUT2D eigenvalue weighted by Gasteiger charge is 2.16. The first-order valence-corrected chi connectivity index (χ1v) is 8.13. The predicted octanol–water partition coefficient (Wildman–Crippen LogP) is 3.62. The number of nitrogens with two attached hydrogens (primary N) is 1. The van der Waals surface area contributed by atoms with E-state index in [-0.39, 0.29) is 11.0 Å². The zero-order valence-corrected chi connectivity index (χ0v) is 13.1. The summed E-state index contributed by atoms with van der Waals surface area (Å²) in [6.45, 7) is 0. The third-order valence-electron chi connectivity index (χ3n) is 2.91. The molecule has 4 nitrogen and oxygen atoms in total. The highest BCUT2D eigenvalue weighted by molar-refractivity contribution is 9.10. The molecule has 7 heteroatoms. The average molecular weight is 369 g/mol. The lowest BCUT2D eigenvalue weighted by Gasteiger charge is -2.03. The van der Waals surface area contributed by atoms with E-state index >= 15 is 0 Å². The fourth-order valence-electron chi connectivity index (χ4n) is 1.88. The van der Waals surface area contributed by atoms with Crippen LogP contribution >= 0.6 is 15.9 Å². The topological polar surface area (TPSA) is 69.1 Å². The number of benzene rings is 2. The first-order valence-electron chi connectivity index (χ1n) is 6.02. The van der Waals surface area contributed by atoms with E-state index in [4.69, 9.17) is 10.2 Å². The molecule has 21 heavy (non-hydrogen) atoms. The quantitative estimate of drug-likeness (QED) is 0.716. The molecule has 0 spiro atoms. The van der Waals surface area contributed by atoms with Gasteiger partial charge < -0.3 is 10.2 Å². The van der Waals surface area contributed by atoms with Gasteiger partial charge in [-0.15, -0.1) is 0 Å². The van der Waals surface area contributed by atoms with Gasteiger partial charge in [0.1, 0.15) is 22.1 Å². The number of hydrogen-bond donors (Lipinski definition) is 1. The number of nitrogens with zero attached hydrogens (tertiary/aromatic N) is 1. The van der Waals surface area contributed by atoms with E-state index in [1.54, 1.807) is 30.3 Å². The number of nitrogen functional groups attached to an aromatic ring is 1. The maximum atomic E-state index is 13.4. The smallest absolute Gasteiger partial charge is 0.288 e. The van der Waals surface area contributed by atoms with Crippen LogP contribution in [0.4, 0.5) is 10.1 Å². The third-order valence-corrected chi connectivity index (χ3v) is 4.93. The van der Waals surface area contributed by atoms with Crippen molar-refractivity contribution in [2.75, 3.05) is 5.73 Å². The van der Waals surface area contributed by atoms with Crippen molar-refractivity contribution < 1.29 is 13.0 Å². The van der Waals surface area contributed by atoms with Crippen LogP contribution in [0.5, 0.6) is 0 Å². The Bertz CT molecular complexity index is 850. The van der Waals surface area contributed by atoms with E-state index in [0.717, 1.165) is 0 Å². The third kappa shape index (κ3) is 2.84. The Hall–Kier alpha value is -1.73. The van der Waals surface area contributed by atoms with Crippen molar-refractivity contribution in [1.82, 2.24) is 4.98 Å². The Kier molecular flexibility index (Phi) is 3.77. The Morgan fingerprint density at radius 2 is 2.14 bits per heavy atom. The summed E-state index contributed by atoms with van der Waals surface area (Å²) in [5.74, 6) is -0.282. The second-order valence-electron chi connectivity index (χ2n) is 4.41. The largest absolute Gasteiger partial charge is 0.430 e. The van der Waals surface area contributed by atoms with E-state index in [1.807, 2.05) is 0 Å². The second kappa shape index (κ2) is 5.57. The fourth-order valence-corrected chi connectivity index (χ4v) is 3.50. The normalized spacial score (nSPS) is 12.7. The minimum atomic E-state index is -1.51. The van der Waals surface area contributed by atoms with Gasteiger partial charge in [0, 0.05) is 11.8 Å². The van der Waals surface area contributed by atoms with Crippen LogP contribution in [0.15, 0.2) is 50.5 Å². The minimum Gasteiger partial charge on any atom is -0.430 e. The number of halogens is 2. The highest BCUT2D eigenvalue weighted by Crippen LogP contribution is 2.25. The Labute approximate surface area is 130 Å². The van der Waals surface area contributed by atoms with Crippen LogP contribution in [-0.2, 0) is 16.6 Å². The Morgan fingerprint density at radius 3 is 2.95 bits per heavy atom. The summed E-state index contributed by atoms with van der Waals surface area (Å²) in [5.41, 5.74) is 7.87. The summed E-state index contributed by atoms with van der Waals surface area (Å²) in [6.07, 6.45) is 0. The summed E-state index contributed by atoms with van der Waals surface area (Å²) >= 11 is 3.15. The van der Waals surface area contributed by atoms with Crippen molar-refractivity contribution in [1.29, 1.82) is 0 Å². The van der Waals surface area contributed by atoms with Gasteiger partial charge >= 0.3 is 0 Å². The van der Waals surface area contributed by atoms with Gasteiger partial charge in [-0.3, -0.25) is 0 Å². The van der Waals surface area contributed by atoms with E-state index in [2.05, 4.69) is 20.9 Å². The Balaban J connectivity index is 1.91. The van der Waals surface area contributed by atoms with Crippen molar-refractivity contribution in [2.45, 2.75) is 11.0 Å². The van der Waals surface area contributed by atoms with Crippen LogP contribution in [0.1, 0.15) is 5.56 Å². The fraction of sp³-hybridized carbons (Fsp3) is 0.0714. The van der Waals surface area contributed by atoms with E-state index in [1.165, 1.54) is 6.07 Å². The van der Waals surface area contributed by atoms with E-state index in [0.29, 0.717) is 26.8 Å². The lowest BCUT2D eigenvalue weighted by molar-refractivity contribution is 0.477. The molecule has 0 saturated heterocycles. The number of hydrogen-bond acceptors (Lipinski definition) is 4. The van der Waals surface area contributed by atoms with Gasteiger partial charge in [0.25, 0.3) is 5.22 Å². The van der Waals surface area contributed by atoms with Crippen molar-refractivity contribution >= 4 is 43.5 Å². The first-order chi connectivity index (χ1) is 10.0. The number of oxazole rings is 1. The van der Waals surface area contributed by atoms with Gasteiger partial charge in [0.05, 0.1) is 10.2 Å². The second-order valence-corrected chi connectivity index (χ2v) is 6.53. The van der Waals surface area contributed by atoms with Gasteiger partial charge in [0.2, 0.25) is 0 Å². The maximum absolute atomic E-state index is 13.4. The van der Waals surface area contributed by atoms with Gasteiger partial charge in [0.15, 0.2) is 5.58 Å².